The third kappa shape index (κ3) is 5.60. The first-order valence-corrected chi connectivity index (χ1v) is 6.16. The van der Waals surface area contributed by atoms with Crippen molar-refractivity contribution in [3.63, 3.8) is 0 Å². The van der Waals surface area contributed by atoms with E-state index >= 15 is 0 Å². The average molecular weight is 210 g/mol. The fourth-order valence-electron chi connectivity index (χ4n) is 2.10. The molecule has 0 saturated heterocycles. The van der Waals surface area contributed by atoms with E-state index in [-0.39, 0.29) is 12.1 Å². The van der Waals surface area contributed by atoms with Gasteiger partial charge in [0.1, 0.15) is 6.10 Å². The number of esters is 1. The highest BCUT2D eigenvalue weighted by atomic mass is 16.5. The lowest BCUT2D eigenvalue weighted by Crippen LogP contribution is -2.17. The van der Waals surface area contributed by atoms with Gasteiger partial charge in [0.25, 0.3) is 0 Å². The zero-order valence-electron chi connectivity index (χ0n) is 9.54. The third-order valence-electron chi connectivity index (χ3n) is 3.00. The summed E-state index contributed by atoms with van der Waals surface area (Å²) in [7, 11) is 0. The van der Waals surface area contributed by atoms with Crippen molar-refractivity contribution in [2.45, 2.75) is 63.9 Å². The molecule has 86 valence electrons. The van der Waals surface area contributed by atoms with Crippen LogP contribution in [0.4, 0.5) is 0 Å². The Morgan fingerprint density at radius 1 is 1.00 bits per heavy atom. The van der Waals surface area contributed by atoms with Gasteiger partial charge in [-0.15, -0.1) is 0 Å². The van der Waals surface area contributed by atoms with Crippen molar-refractivity contribution in [3.05, 3.63) is 12.7 Å². The van der Waals surface area contributed by atoms with Gasteiger partial charge in [-0.05, 0) is 25.7 Å². The number of carbonyl (C=O) groups excluding carboxylic acids is 1. The molecule has 0 aliphatic heterocycles. The molecule has 1 fully saturated rings. The molecular weight excluding hydrogens is 188 g/mol. The summed E-state index contributed by atoms with van der Waals surface area (Å²) in [4.78, 5) is 11.1. The summed E-state index contributed by atoms with van der Waals surface area (Å²) >= 11 is 0. The van der Waals surface area contributed by atoms with Crippen LogP contribution in [-0.2, 0) is 9.53 Å². The van der Waals surface area contributed by atoms with Crippen LogP contribution < -0.4 is 0 Å². The van der Waals surface area contributed by atoms with Crippen LogP contribution in [0.1, 0.15) is 57.8 Å². The smallest absolute Gasteiger partial charge is 0.330 e. The minimum atomic E-state index is -0.267. The molecule has 15 heavy (non-hydrogen) atoms. The lowest BCUT2D eigenvalue weighted by atomic mass is 9.99. The standard InChI is InChI=1S/C13H22O2/c1-2-13(14)15-12-10-8-6-4-3-5-7-9-11-12/h2,12H,1,3-11H2. The van der Waals surface area contributed by atoms with E-state index in [1.807, 2.05) is 0 Å². The molecule has 1 aliphatic carbocycles. The number of carbonyl (C=O) groups is 1. The van der Waals surface area contributed by atoms with Crippen LogP contribution in [0.15, 0.2) is 12.7 Å². The Kier molecular flexibility index (Phi) is 6.14. The van der Waals surface area contributed by atoms with Crippen molar-refractivity contribution in [1.82, 2.24) is 0 Å². The predicted octanol–water partition coefficient (Wildman–Crippen LogP) is 3.61. The van der Waals surface area contributed by atoms with Crippen molar-refractivity contribution in [3.8, 4) is 0 Å². The first-order valence-electron chi connectivity index (χ1n) is 6.16. The van der Waals surface area contributed by atoms with Crippen LogP contribution in [0.2, 0.25) is 0 Å². The molecule has 0 aromatic rings. The monoisotopic (exact) mass is 210 g/mol. The molecular formula is C13H22O2. The molecule has 0 bridgehead atoms. The van der Waals surface area contributed by atoms with Gasteiger partial charge in [0, 0.05) is 6.08 Å². The number of ether oxygens (including phenoxy) is 1. The second-order valence-electron chi connectivity index (χ2n) is 4.32. The van der Waals surface area contributed by atoms with Crippen molar-refractivity contribution in [2.24, 2.45) is 0 Å². The van der Waals surface area contributed by atoms with E-state index in [4.69, 9.17) is 4.74 Å². The Hall–Kier alpha value is -0.790. The maximum Gasteiger partial charge on any atom is 0.330 e. The summed E-state index contributed by atoms with van der Waals surface area (Å²) in [5.74, 6) is -0.267. The average Bonchev–Trinajstić information content (AvgIpc) is 2.27. The number of hydrogen-bond acceptors (Lipinski definition) is 2. The molecule has 0 unspecified atom stereocenters. The van der Waals surface area contributed by atoms with E-state index in [0.717, 1.165) is 12.8 Å². The lowest BCUT2D eigenvalue weighted by Gasteiger charge is -2.18. The highest BCUT2D eigenvalue weighted by Crippen LogP contribution is 2.19. The van der Waals surface area contributed by atoms with E-state index in [1.165, 1.54) is 51.0 Å². The summed E-state index contributed by atoms with van der Waals surface area (Å²) in [5.41, 5.74) is 0. The largest absolute Gasteiger partial charge is 0.459 e. The SMILES string of the molecule is C=CC(=O)OC1CCCCCCCCC1. The molecule has 0 aromatic carbocycles. The zero-order valence-corrected chi connectivity index (χ0v) is 9.54. The molecule has 0 aromatic heterocycles. The highest BCUT2D eigenvalue weighted by Gasteiger charge is 2.12. The van der Waals surface area contributed by atoms with Crippen LogP contribution in [0.25, 0.3) is 0 Å². The van der Waals surface area contributed by atoms with Crippen LogP contribution in [0, 0.1) is 0 Å². The Bertz CT molecular complexity index is 189. The summed E-state index contributed by atoms with van der Waals surface area (Å²) in [6, 6.07) is 0. The molecule has 1 aliphatic rings. The van der Waals surface area contributed by atoms with Gasteiger partial charge < -0.3 is 4.74 Å². The van der Waals surface area contributed by atoms with Crippen LogP contribution in [0.3, 0.4) is 0 Å². The van der Waals surface area contributed by atoms with Gasteiger partial charge in [-0.1, -0.05) is 38.7 Å². The quantitative estimate of drug-likeness (QED) is 0.514. The van der Waals surface area contributed by atoms with E-state index in [0.29, 0.717) is 0 Å². The predicted molar refractivity (Wildman–Crippen MR) is 61.6 cm³/mol. The van der Waals surface area contributed by atoms with Crippen LogP contribution in [0.5, 0.6) is 0 Å². The van der Waals surface area contributed by atoms with Gasteiger partial charge in [0.2, 0.25) is 0 Å². The minimum Gasteiger partial charge on any atom is -0.459 e. The Labute approximate surface area is 92.7 Å². The fraction of sp³-hybridized carbons (Fsp3) is 0.769. The summed E-state index contributed by atoms with van der Waals surface area (Å²) < 4.78 is 5.32. The van der Waals surface area contributed by atoms with Gasteiger partial charge in [-0.2, -0.15) is 0 Å². The second-order valence-corrected chi connectivity index (χ2v) is 4.32. The lowest BCUT2D eigenvalue weighted by molar-refractivity contribution is -0.143. The van der Waals surface area contributed by atoms with Crippen molar-refractivity contribution < 1.29 is 9.53 Å². The Balaban J connectivity index is 2.31. The van der Waals surface area contributed by atoms with Gasteiger partial charge in [-0.25, -0.2) is 4.79 Å². The molecule has 0 N–H and O–H groups in total. The van der Waals surface area contributed by atoms with Crippen molar-refractivity contribution in [1.29, 1.82) is 0 Å². The van der Waals surface area contributed by atoms with Crippen molar-refractivity contribution >= 4 is 5.97 Å². The highest BCUT2D eigenvalue weighted by molar-refractivity contribution is 5.81. The molecule has 1 saturated carbocycles. The molecule has 2 nitrogen and oxygen atoms in total. The Morgan fingerprint density at radius 3 is 1.93 bits per heavy atom. The molecule has 0 heterocycles. The van der Waals surface area contributed by atoms with Crippen LogP contribution in [-0.4, -0.2) is 12.1 Å². The van der Waals surface area contributed by atoms with E-state index in [2.05, 4.69) is 6.58 Å². The van der Waals surface area contributed by atoms with E-state index < -0.39 is 0 Å². The Morgan fingerprint density at radius 2 is 1.47 bits per heavy atom. The minimum absolute atomic E-state index is 0.133. The maximum absolute atomic E-state index is 11.1. The maximum atomic E-state index is 11.1. The van der Waals surface area contributed by atoms with Crippen LogP contribution >= 0.6 is 0 Å². The van der Waals surface area contributed by atoms with E-state index in [9.17, 15) is 4.79 Å². The zero-order chi connectivity index (χ0) is 10.9. The normalized spacial score (nSPS) is 20.5. The second kappa shape index (κ2) is 7.49. The fourth-order valence-corrected chi connectivity index (χ4v) is 2.10. The molecule has 0 atom stereocenters. The third-order valence-corrected chi connectivity index (χ3v) is 3.00. The van der Waals surface area contributed by atoms with Crippen molar-refractivity contribution in [2.75, 3.05) is 0 Å². The molecule has 0 spiro atoms. The van der Waals surface area contributed by atoms with Gasteiger partial charge in [0.15, 0.2) is 0 Å². The summed E-state index contributed by atoms with van der Waals surface area (Å²) in [6.45, 7) is 3.43. The van der Waals surface area contributed by atoms with Gasteiger partial charge in [-0.3, -0.25) is 0 Å². The molecule has 1 rings (SSSR count). The molecule has 2 heteroatoms. The summed E-state index contributed by atoms with van der Waals surface area (Å²) in [6.07, 6.45) is 12.4. The number of hydrogen-bond donors (Lipinski definition) is 0. The summed E-state index contributed by atoms with van der Waals surface area (Å²) in [5, 5.41) is 0. The van der Waals surface area contributed by atoms with Gasteiger partial charge >= 0.3 is 5.97 Å². The topological polar surface area (TPSA) is 26.3 Å². The van der Waals surface area contributed by atoms with Gasteiger partial charge in [0.05, 0.1) is 0 Å². The molecule has 0 radical (unpaired) electrons. The van der Waals surface area contributed by atoms with E-state index in [1.54, 1.807) is 0 Å². The molecule has 0 amide bonds. The first-order chi connectivity index (χ1) is 7.33. The first kappa shape index (κ1) is 12.3. The number of rotatable bonds is 2.